The van der Waals surface area contributed by atoms with Gasteiger partial charge in [-0.05, 0) is 38.1 Å². The summed E-state index contributed by atoms with van der Waals surface area (Å²) < 4.78 is 2.26. The molecule has 2 aromatic rings. The molecule has 0 radical (unpaired) electrons. The molecule has 3 heterocycles. The third-order valence-corrected chi connectivity index (χ3v) is 3.90. The monoisotopic (exact) mass is 229 g/mol. The van der Waals surface area contributed by atoms with Crippen molar-refractivity contribution in [1.29, 1.82) is 0 Å². The van der Waals surface area contributed by atoms with Crippen LogP contribution in [0.4, 0.5) is 0 Å². The highest BCUT2D eigenvalue weighted by atomic mass is 15.2. The molecular formula is C14H19N3. The topological polar surface area (TPSA) is 20.5 Å². The minimum Gasteiger partial charge on any atom is -0.303 e. The Labute approximate surface area is 102 Å². The van der Waals surface area contributed by atoms with Gasteiger partial charge in [0, 0.05) is 18.7 Å². The average molecular weight is 229 g/mol. The summed E-state index contributed by atoms with van der Waals surface area (Å²) in [6.45, 7) is 7.90. The normalized spacial score (nSPS) is 21.4. The van der Waals surface area contributed by atoms with Crippen molar-refractivity contribution in [2.24, 2.45) is 0 Å². The Balaban J connectivity index is 1.99. The highest BCUT2D eigenvalue weighted by Gasteiger charge is 2.25. The number of fused-ring (bicyclic) bond motifs is 1. The Morgan fingerprint density at radius 2 is 2.35 bits per heavy atom. The third kappa shape index (κ3) is 1.75. The first kappa shape index (κ1) is 10.8. The van der Waals surface area contributed by atoms with Crippen LogP contribution in [0.3, 0.4) is 0 Å². The summed E-state index contributed by atoms with van der Waals surface area (Å²) >= 11 is 0. The molecule has 0 bridgehead atoms. The summed E-state index contributed by atoms with van der Waals surface area (Å²) in [6, 6.07) is 4.26. The lowest BCUT2D eigenvalue weighted by atomic mass is 10.1. The fourth-order valence-electron chi connectivity index (χ4n) is 2.82. The third-order valence-electron chi connectivity index (χ3n) is 3.90. The van der Waals surface area contributed by atoms with Crippen molar-refractivity contribution in [3.05, 3.63) is 35.9 Å². The predicted octanol–water partition coefficient (Wildman–Crippen LogP) is 2.45. The summed E-state index contributed by atoms with van der Waals surface area (Å²) in [7, 11) is 0. The summed E-state index contributed by atoms with van der Waals surface area (Å²) in [5.74, 6) is 1.83. The maximum atomic E-state index is 4.64. The van der Waals surface area contributed by atoms with E-state index >= 15 is 0 Å². The van der Waals surface area contributed by atoms with Gasteiger partial charge >= 0.3 is 0 Å². The Hall–Kier alpha value is -1.35. The minimum absolute atomic E-state index is 0.597. The maximum Gasteiger partial charge on any atom is 0.117 e. The van der Waals surface area contributed by atoms with Crippen molar-refractivity contribution >= 4 is 5.52 Å². The zero-order valence-electron chi connectivity index (χ0n) is 10.6. The number of hydrogen-bond donors (Lipinski definition) is 0. The van der Waals surface area contributed by atoms with E-state index in [-0.39, 0.29) is 0 Å². The van der Waals surface area contributed by atoms with Crippen LogP contribution in [0.1, 0.15) is 30.7 Å². The first-order valence-corrected chi connectivity index (χ1v) is 6.44. The minimum atomic E-state index is 0.597. The van der Waals surface area contributed by atoms with E-state index in [1.165, 1.54) is 29.9 Å². The van der Waals surface area contributed by atoms with Crippen molar-refractivity contribution < 1.29 is 0 Å². The van der Waals surface area contributed by atoms with Gasteiger partial charge < -0.3 is 9.30 Å². The van der Waals surface area contributed by atoms with Crippen LogP contribution in [0.2, 0.25) is 0 Å². The molecule has 0 aromatic carbocycles. The highest BCUT2D eigenvalue weighted by Crippen LogP contribution is 2.27. The zero-order valence-corrected chi connectivity index (χ0v) is 10.6. The molecule has 1 aliphatic rings. The molecule has 1 unspecified atom stereocenters. The molecule has 0 amide bonds. The number of likely N-dealkylation sites (tertiary alicyclic amines) is 1. The fourth-order valence-corrected chi connectivity index (χ4v) is 2.82. The van der Waals surface area contributed by atoms with Gasteiger partial charge in [0.15, 0.2) is 0 Å². The van der Waals surface area contributed by atoms with E-state index in [9.17, 15) is 0 Å². The molecule has 0 aliphatic carbocycles. The van der Waals surface area contributed by atoms with Crippen molar-refractivity contribution in [3.8, 4) is 0 Å². The summed E-state index contributed by atoms with van der Waals surface area (Å²) in [5, 5.41) is 0. The van der Waals surface area contributed by atoms with Gasteiger partial charge in [0.1, 0.15) is 5.82 Å². The van der Waals surface area contributed by atoms with Crippen LogP contribution in [0, 0.1) is 6.92 Å². The van der Waals surface area contributed by atoms with E-state index in [1.807, 2.05) is 6.20 Å². The number of hydrogen-bond acceptors (Lipinski definition) is 2. The van der Waals surface area contributed by atoms with Gasteiger partial charge in [0.2, 0.25) is 0 Å². The number of aryl methyl sites for hydroxylation is 1. The van der Waals surface area contributed by atoms with Gasteiger partial charge in [-0.1, -0.05) is 13.0 Å². The van der Waals surface area contributed by atoms with E-state index in [1.54, 1.807) is 0 Å². The van der Waals surface area contributed by atoms with E-state index in [0.717, 1.165) is 13.1 Å². The molecule has 1 fully saturated rings. The summed E-state index contributed by atoms with van der Waals surface area (Å²) in [6.07, 6.45) is 5.39. The van der Waals surface area contributed by atoms with Crippen LogP contribution < -0.4 is 0 Å². The van der Waals surface area contributed by atoms with Gasteiger partial charge in [-0.15, -0.1) is 0 Å². The number of likely N-dealkylation sites (N-methyl/N-ethyl adjacent to an activating group) is 1. The Bertz CT molecular complexity index is 529. The molecule has 0 saturated carbocycles. The predicted molar refractivity (Wildman–Crippen MR) is 69.4 cm³/mol. The van der Waals surface area contributed by atoms with Crippen molar-refractivity contribution in [2.45, 2.75) is 26.2 Å². The van der Waals surface area contributed by atoms with Crippen molar-refractivity contribution in [1.82, 2.24) is 14.3 Å². The SMILES string of the molecule is CCN1CCC(c2ncc3c(C)cccn23)C1. The molecule has 1 saturated heterocycles. The lowest BCUT2D eigenvalue weighted by Crippen LogP contribution is -2.19. The fraction of sp³-hybridized carbons (Fsp3) is 0.500. The largest absolute Gasteiger partial charge is 0.303 e. The number of imidazole rings is 1. The molecule has 1 aliphatic heterocycles. The van der Waals surface area contributed by atoms with Gasteiger partial charge in [-0.25, -0.2) is 4.98 Å². The molecule has 17 heavy (non-hydrogen) atoms. The Kier molecular flexibility index (Phi) is 2.63. The van der Waals surface area contributed by atoms with Crippen LogP contribution in [0.15, 0.2) is 24.5 Å². The lowest BCUT2D eigenvalue weighted by molar-refractivity contribution is 0.352. The maximum absolute atomic E-state index is 4.64. The number of pyridine rings is 1. The van der Waals surface area contributed by atoms with Gasteiger partial charge in [-0.3, -0.25) is 0 Å². The molecule has 3 heteroatoms. The first-order valence-electron chi connectivity index (χ1n) is 6.44. The van der Waals surface area contributed by atoms with Gasteiger partial charge in [0.25, 0.3) is 0 Å². The van der Waals surface area contributed by atoms with Crippen LogP contribution in [0.5, 0.6) is 0 Å². The molecule has 0 N–H and O–H groups in total. The van der Waals surface area contributed by atoms with Gasteiger partial charge in [0.05, 0.1) is 11.7 Å². The first-order chi connectivity index (χ1) is 8.29. The van der Waals surface area contributed by atoms with Crippen molar-refractivity contribution in [2.75, 3.05) is 19.6 Å². The van der Waals surface area contributed by atoms with Gasteiger partial charge in [-0.2, -0.15) is 0 Å². The molecule has 90 valence electrons. The molecule has 0 spiro atoms. The zero-order chi connectivity index (χ0) is 11.8. The van der Waals surface area contributed by atoms with Crippen molar-refractivity contribution in [3.63, 3.8) is 0 Å². The standard InChI is InChI=1S/C14H19N3/c1-3-16-8-6-12(10-16)14-15-9-13-11(2)5-4-7-17(13)14/h4-5,7,9,12H,3,6,8,10H2,1-2H3. The molecule has 2 aromatic heterocycles. The summed E-state index contributed by atoms with van der Waals surface area (Å²) in [4.78, 5) is 7.14. The smallest absolute Gasteiger partial charge is 0.117 e. The quantitative estimate of drug-likeness (QED) is 0.788. The molecule has 3 rings (SSSR count). The second-order valence-corrected chi connectivity index (χ2v) is 4.94. The van der Waals surface area contributed by atoms with E-state index in [4.69, 9.17) is 0 Å². The number of aromatic nitrogens is 2. The highest BCUT2D eigenvalue weighted by molar-refractivity contribution is 5.53. The number of nitrogens with zero attached hydrogens (tertiary/aromatic N) is 3. The van der Waals surface area contributed by atoms with E-state index in [0.29, 0.717) is 5.92 Å². The molecule has 3 nitrogen and oxygen atoms in total. The van der Waals surface area contributed by atoms with Crippen LogP contribution in [0.25, 0.3) is 5.52 Å². The Morgan fingerprint density at radius 1 is 1.47 bits per heavy atom. The number of rotatable bonds is 2. The second-order valence-electron chi connectivity index (χ2n) is 4.94. The molecule has 1 atom stereocenters. The van der Waals surface area contributed by atoms with Crippen LogP contribution >= 0.6 is 0 Å². The Morgan fingerprint density at radius 3 is 3.12 bits per heavy atom. The van der Waals surface area contributed by atoms with Crippen LogP contribution in [-0.2, 0) is 0 Å². The van der Waals surface area contributed by atoms with Crippen LogP contribution in [-0.4, -0.2) is 33.9 Å². The van der Waals surface area contributed by atoms with E-state index < -0.39 is 0 Å². The lowest BCUT2D eigenvalue weighted by Gasteiger charge is -2.12. The second kappa shape index (κ2) is 4.15. The summed E-state index contributed by atoms with van der Waals surface area (Å²) in [5.41, 5.74) is 2.55. The molecular weight excluding hydrogens is 210 g/mol. The van der Waals surface area contributed by atoms with E-state index in [2.05, 4.69) is 46.5 Å². The average Bonchev–Trinajstić information content (AvgIpc) is 2.94.